The number of carbonyl (C=O) groups is 1. The first-order valence-corrected chi connectivity index (χ1v) is 5.39. The van der Waals surface area contributed by atoms with Crippen molar-refractivity contribution in [3.63, 3.8) is 0 Å². The van der Waals surface area contributed by atoms with E-state index in [1.807, 2.05) is 4.90 Å². The molecule has 1 aliphatic heterocycles. The molecule has 0 spiro atoms. The fourth-order valence-corrected chi connectivity index (χ4v) is 2.17. The Kier molecular flexibility index (Phi) is 3.20. The fourth-order valence-electron chi connectivity index (χ4n) is 2.17. The van der Waals surface area contributed by atoms with Crippen LogP contribution in [-0.2, 0) is 4.79 Å². The van der Waals surface area contributed by atoms with Crippen molar-refractivity contribution in [2.24, 2.45) is 5.92 Å². The van der Waals surface area contributed by atoms with E-state index in [0.29, 0.717) is 5.92 Å². The first-order chi connectivity index (χ1) is 6.39. The van der Waals surface area contributed by atoms with Crippen molar-refractivity contribution in [3.8, 4) is 0 Å². The molecule has 0 radical (unpaired) electrons. The van der Waals surface area contributed by atoms with E-state index < -0.39 is 6.10 Å². The molecule has 0 aromatic carbocycles. The molecule has 0 bridgehead atoms. The van der Waals surface area contributed by atoms with Gasteiger partial charge in [-0.1, -0.05) is 13.8 Å². The monoisotopic (exact) mass is 199 g/mol. The minimum absolute atomic E-state index is 0.0614. The molecule has 1 heterocycles. The van der Waals surface area contributed by atoms with E-state index >= 15 is 0 Å². The average Bonchev–Trinajstić information content (AvgIpc) is 2.47. The third-order valence-electron chi connectivity index (χ3n) is 3.55. The van der Waals surface area contributed by atoms with Crippen molar-refractivity contribution in [2.75, 3.05) is 6.54 Å². The molecule has 2 atom stereocenters. The lowest BCUT2D eigenvalue weighted by molar-refractivity contribution is -0.144. The Morgan fingerprint density at radius 2 is 2.00 bits per heavy atom. The van der Waals surface area contributed by atoms with Crippen molar-refractivity contribution < 1.29 is 9.90 Å². The van der Waals surface area contributed by atoms with Crippen molar-refractivity contribution in [1.29, 1.82) is 0 Å². The molecule has 1 N–H and O–H groups in total. The highest BCUT2D eigenvalue weighted by atomic mass is 16.3. The lowest BCUT2D eigenvalue weighted by atomic mass is 9.86. The predicted octanol–water partition coefficient (Wildman–Crippen LogP) is 1.40. The second kappa shape index (κ2) is 3.89. The first-order valence-electron chi connectivity index (χ1n) is 5.39. The summed E-state index contributed by atoms with van der Waals surface area (Å²) in [5.74, 6) is 0.311. The normalized spacial score (nSPS) is 29.7. The second-order valence-electron chi connectivity index (χ2n) is 4.78. The molecule has 2 unspecified atom stereocenters. The van der Waals surface area contributed by atoms with Crippen LogP contribution in [-0.4, -0.2) is 34.1 Å². The van der Waals surface area contributed by atoms with Crippen molar-refractivity contribution in [2.45, 2.75) is 52.2 Å². The molecule has 3 heteroatoms. The van der Waals surface area contributed by atoms with Crippen LogP contribution in [0.4, 0.5) is 0 Å². The van der Waals surface area contributed by atoms with Gasteiger partial charge < -0.3 is 10.0 Å². The van der Waals surface area contributed by atoms with Gasteiger partial charge in [0, 0.05) is 12.1 Å². The predicted molar refractivity (Wildman–Crippen MR) is 55.9 cm³/mol. The SMILES string of the molecule is CC(O)C(=O)N1CCCC1(C)C(C)C. The first kappa shape index (κ1) is 11.5. The van der Waals surface area contributed by atoms with Gasteiger partial charge in [-0.15, -0.1) is 0 Å². The molecule has 0 aliphatic carbocycles. The van der Waals surface area contributed by atoms with Crippen LogP contribution in [0.3, 0.4) is 0 Å². The summed E-state index contributed by atoms with van der Waals surface area (Å²) in [4.78, 5) is 13.6. The van der Waals surface area contributed by atoms with Crippen LogP contribution >= 0.6 is 0 Å². The minimum Gasteiger partial charge on any atom is -0.384 e. The lowest BCUT2D eigenvalue weighted by Gasteiger charge is -2.39. The molecule has 1 rings (SSSR count). The number of aliphatic hydroxyl groups excluding tert-OH is 1. The van der Waals surface area contributed by atoms with Gasteiger partial charge in [0.05, 0.1) is 0 Å². The molecule has 1 fully saturated rings. The number of nitrogens with zero attached hydrogens (tertiary/aromatic N) is 1. The van der Waals surface area contributed by atoms with Gasteiger partial charge >= 0.3 is 0 Å². The summed E-state index contributed by atoms with van der Waals surface area (Å²) in [5, 5.41) is 9.30. The molecule has 1 amide bonds. The highest BCUT2D eigenvalue weighted by molar-refractivity contribution is 5.81. The number of amides is 1. The minimum atomic E-state index is -0.869. The zero-order chi connectivity index (χ0) is 10.9. The van der Waals surface area contributed by atoms with E-state index in [2.05, 4.69) is 20.8 Å². The van der Waals surface area contributed by atoms with E-state index in [0.717, 1.165) is 19.4 Å². The Balaban J connectivity index is 2.83. The lowest BCUT2D eigenvalue weighted by Crippen LogP contribution is -2.51. The number of hydrogen-bond acceptors (Lipinski definition) is 2. The quantitative estimate of drug-likeness (QED) is 0.730. The van der Waals surface area contributed by atoms with Crippen LogP contribution in [0.25, 0.3) is 0 Å². The van der Waals surface area contributed by atoms with Crippen LogP contribution in [0.1, 0.15) is 40.5 Å². The summed E-state index contributed by atoms with van der Waals surface area (Å²) < 4.78 is 0. The van der Waals surface area contributed by atoms with Crippen LogP contribution in [0.5, 0.6) is 0 Å². The highest BCUT2D eigenvalue weighted by Gasteiger charge is 2.42. The third kappa shape index (κ3) is 1.78. The van der Waals surface area contributed by atoms with Gasteiger partial charge in [0.15, 0.2) is 0 Å². The number of rotatable bonds is 2. The average molecular weight is 199 g/mol. The number of carbonyl (C=O) groups excluding carboxylic acids is 1. The van der Waals surface area contributed by atoms with E-state index in [4.69, 9.17) is 0 Å². The van der Waals surface area contributed by atoms with Gasteiger partial charge in [-0.25, -0.2) is 0 Å². The highest BCUT2D eigenvalue weighted by Crippen LogP contribution is 2.35. The summed E-state index contributed by atoms with van der Waals surface area (Å²) in [6, 6.07) is 0. The van der Waals surface area contributed by atoms with Gasteiger partial charge in [0.25, 0.3) is 5.91 Å². The van der Waals surface area contributed by atoms with E-state index in [1.165, 1.54) is 0 Å². The number of aliphatic hydroxyl groups is 1. The van der Waals surface area contributed by atoms with Crippen LogP contribution in [0.2, 0.25) is 0 Å². The molecular formula is C11H21NO2. The summed E-state index contributed by atoms with van der Waals surface area (Å²) in [7, 11) is 0. The van der Waals surface area contributed by atoms with Gasteiger partial charge in [-0.05, 0) is 32.6 Å². The Hall–Kier alpha value is -0.570. The molecule has 0 saturated carbocycles. The molecule has 0 aromatic heterocycles. The summed E-state index contributed by atoms with van der Waals surface area (Å²) in [6.07, 6.45) is 1.22. The molecule has 1 saturated heterocycles. The Morgan fingerprint density at radius 1 is 1.43 bits per heavy atom. The maximum atomic E-state index is 11.7. The van der Waals surface area contributed by atoms with Gasteiger partial charge in [0.2, 0.25) is 0 Å². The summed E-state index contributed by atoms with van der Waals surface area (Å²) in [6.45, 7) is 8.71. The van der Waals surface area contributed by atoms with Crippen LogP contribution < -0.4 is 0 Å². The van der Waals surface area contributed by atoms with E-state index in [-0.39, 0.29) is 11.4 Å². The standard InChI is InChI=1S/C11H21NO2/c1-8(2)11(4)6-5-7-12(11)10(14)9(3)13/h8-9,13H,5-7H2,1-4H3. The Labute approximate surface area is 86.1 Å². The molecular weight excluding hydrogens is 178 g/mol. The van der Waals surface area contributed by atoms with Gasteiger partial charge in [-0.3, -0.25) is 4.79 Å². The number of likely N-dealkylation sites (tertiary alicyclic amines) is 1. The van der Waals surface area contributed by atoms with Crippen molar-refractivity contribution >= 4 is 5.91 Å². The molecule has 3 nitrogen and oxygen atoms in total. The zero-order valence-corrected chi connectivity index (χ0v) is 9.58. The van der Waals surface area contributed by atoms with Gasteiger partial charge in [-0.2, -0.15) is 0 Å². The summed E-state index contributed by atoms with van der Waals surface area (Å²) in [5.41, 5.74) is -0.0614. The Bertz CT molecular complexity index is 225. The maximum absolute atomic E-state index is 11.7. The smallest absolute Gasteiger partial charge is 0.251 e. The number of hydrogen-bond donors (Lipinski definition) is 1. The summed E-state index contributed by atoms with van der Waals surface area (Å²) >= 11 is 0. The molecule has 14 heavy (non-hydrogen) atoms. The zero-order valence-electron chi connectivity index (χ0n) is 9.58. The molecule has 0 aromatic rings. The van der Waals surface area contributed by atoms with E-state index in [1.54, 1.807) is 6.92 Å². The van der Waals surface area contributed by atoms with E-state index in [9.17, 15) is 9.90 Å². The van der Waals surface area contributed by atoms with Crippen LogP contribution in [0, 0.1) is 5.92 Å². The van der Waals surface area contributed by atoms with Gasteiger partial charge in [0.1, 0.15) is 6.10 Å². The second-order valence-corrected chi connectivity index (χ2v) is 4.78. The molecule has 1 aliphatic rings. The topological polar surface area (TPSA) is 40.5 Å². The maximum Gasteiger partial charge on any atom is 0.251 e. The van der Waals surface area contributed by atoms with Crippen molar-refractivity contribution in [1.82, 2.24) is 4.90 Å². The fraction of sp³-hybridized carbons (Fsp3) is 0.909. The molecule has 82 valence electrons. The third-order valence-corrected chi connectivity index (χ3v) is 3.55. The Morgan fingerprint density at radius 3 is 2.43 bits per heavy atom. The van der Waals surface area contributed by atoms with Crippen LogP contribution in [0.15, 0.2) is 0 Å². The largest absolute Gasteiger partial charge is 0.384 e. The van der Waals surface area contributed by atoms with Crippen molar-refractivity contribution in [3.05, 3.63) is 0 Å².